The molecule has 1 aromatic carbocycles. The molecule has 0 aliphatic rings. The number of carbonyl (C=O) groups is 1. The molecule has 0 fully saturated rings. The molecule has 0 bridgehead atoms. The third kappa shape index (κ3) is 4.33. The maximum atomic E-state index is 11.6. The molecule has 114 valence electrons. The standard InChI is InChI=1S/C15H16N4O2S/c1-11(8-16)21-14(20)10-22-15-18-17-12(2)19(15)9-13-6-4-3-5-7-13/h3-7,11H,9-10H2,1-2H3/t11-/m0/s1. The van der Waals surface area contributed by atoms with Crippen LogP contribution in [0.25, 0.3) is 0 Å². The highest BCUT2D eigenvalue weighted by Gasteiger charge is 2.14. The lowest BCUT2D eigenvalue weighted by Gasteiger charge is -2.09. The minimum absolute atomic E-state index is 0.0962. The van der Waals surface area contributed by atoms with E-state index in [-0.39, 0.29) is 5.75 Å². The minimum atomic E-state index is -0.739. The smallest absolute Gasteiger partial charge is 0.317 e. The summed E-state index contributed by atoms with van der Waals surface area (Å²) >= 11 is 1.25. The fourth-order valence-electron chi connectivity index (χ4n) is 1.80. The quantitative estimate of drug-likeness (QED) is 0.600. The Bertz CT molecular complexity index is 679. The van der Waals surface area contributed by atoms with Crippen LogP contribution in [0.5, 0.6) is 0 Å². The van der Waals surface area contributed by atoms with Gasteiger partial charge in [0.05, 0.1) is 12.3 Å². The maximum Gasteiger partial charge on any atom is 0.317 e. The summed E-state index contributed by atoms with van der Waals surface area (Å²) in [6, 6.07) is 11.8. The summed E-state index contributed by atoms with van der Waals surface area (Å²) in [5, 5.41) is 17.4. The summed E-state index contributed by atoms with van der Waals surface area (Å²) < 4.78 is 6.85. The molecular weight excluding hydrogens is 300 g/mol. The molecule has 0 aliphatic carbocycles. The van der Waals surface area contributed by atoms with Crippen molar-refractivity contribution >= 4 is 17.7 Å². The summed E-state index contributed by atoms with van der Waals surface area (Å²) in [6.45, 7) is 4.05. The van der Waals surface area contributed by atoms with E-state index in [9.17, 15) is 4.79 Å². The number of benzene rings is 1. The molecule has 1 heterocycles. The number of hydrogen-bond acceptors (Lipinski definition) is 6. The molecule has 0 saturated heterocycles. The molecule has 2 aromatic rings. The monoisotopic (exact) mass is 316 g/mol. The van der Waals surface area contributed by atoms with Crippen molar-refractivity contribution in [2.75, 3.05) is 5.75 Å². The van der Waals surface area contributed by atoms with Crippen LogP contribution in [0.4, 0.5) is 0 Å². The van der Waals surface area contributed by atoms with Crippen molar-refractivity contribution in [2.45, 2.75) is 31.7 Å². The molecule has 0 spiro atoms. The van der Waals surface area contributed by atoms with Crippen LogP contribution < -0.4 is 0 Å². The van der Waals surface area contributed by atoms with Crippen LogP contribution in [0.1, 0.15) is 18.3 Å². The highest BCUT2D eigenvalue weighted by molar-refractivity contribution is 7.99. The van der Waals surface area contributed by atoms with Crippen molar-refractivity contribution in [3.63, 3.8) is 0 Å². The predicted octanol–water partition coefficient (Wildman–Crippen LogP) is 2.18. The predicted molar refractivity (Wildman–Crippen MR) is 82.2 cm³/mol. The highest BCUT2D eigenvalue weighted by Crippen LogP contribution is 2.18. The van der Waals surface area contributed by atoms with Crippen LogP contribution in [0.3, 0.4) is 0 Å². The van der Waals surface area contributed by atoms with E-state index in [0.29, 0.717) is 11.7 Å². The Balaban J connectivity index is 2.01. The largest absolute Gasteiger partial charge is 0.447 e. The fourth-order valence-corrected chi connectivity index (χ4v) is 2.56. The summed E-state index contributed by atoms with van der Waals surface area (Å²) in [6.07, 6.45) is -0.739. The first-order valence-corrected chi connectivity index (χ1v) is 7.74. The third-order valence-electron chi connectivity index (χ3n) is 2.89. The van der Waals surface area contributed by atoms with Crippen molar-refractivity contribution in [2.24, 2.45) is 0 Å². The zero-order valence-electron chi connectivity index (χ0n) is 12.4. The van der Waals surface area contributed by atoms with E-state index in [4.69, 9.17) is 10.00 Å². The molecule has 0 amide bonds. The molecule has 0 aliphatic heterocycles. The van der Waals surface area contributed by atoms with Gasteiger partial charge in [0, 0.05) is 0 Å². The lowest BCUT2D eigenvalue weighted by atomic mass is 10.2. The third-order valence-corrected chi connectivity index (χ3v) is 3.83. The van der Waals surface area contributed by atoms with E-state index < -0.39 is 12.1 Å². The first-order chi connectivity index (χ1) is 10.6. The molecule has 6 nitrogen and oxygen atoms in total. The van der Waals surface area contributed by atoms with Gasteiger partial charge in [0.1, 0.15) is 11.9 Å². The summed E-state index contributed by atoms with van der Waals surface area (Å²) in [5.41, 5.74) is 1.13. The summed E-state index contributed by atoms with van der Waals surface area (Å²) in [5.74, 6) is 0.440. The number of hydrogen-bond donors (Lipinski definition) is 0. The zero-order valence-corrected chi connectivity index (χ0v) is 13.2. The van der Waals surface area contributed by atoms with Crippen molar-refractivity contribution in [3.05, 3.63) is 41.7 Å². The number of esters is 1. The summed E-state index contributed by atoms with van der Waals surface area (Å²) in [4.78, 5) is 11.6. The molecule has 0 unspecified atom stereocenters. The number of ether oxygens (including phenoxy) is 1. The van der Waals surface area contributed by atoms with Crippen LogP contribution in [0.2, 0.25) is 0 Å². The summed E-state index contributed by atoms with van der Waals surface area (Å²) in [7, 11) is 0. The Morgan fingerprint density at radius 1 is 1.41 bits per heavy atom. The number of thioether (sulfide) groups is 1. The van der Waals surface area contributed by atoms with E-state index in [2.05, 4.69) is 10.2 Å². The van der Waals surface area contributed by atoms with Crippen molar-refractivity contribution < 1.29 is 9.53 Å². The molecule has 0 N–H and O–H groups in total. The van der Waals surface area contributed by atoms with E-state index in [1.54, 1.807) is 0 Å². The van der Waals surface area contributed by atoms with Gasteiger partial charge < -0.3 is 9.30 Å². The maximum absolute atomic E-state index is 11.6. The Labute approximate surface area is 133 Å². The molecule has 1 aromatic heterocycles. The van der Waals surface area contributed by atoms with Crippen molar-refractivity contribution in [1.29, 1.82) is 5.26 Å². The first-order valence-electron chi connectivity index (χ1n) is 6.75. The van der Waals surface area contributed by atoms with Gasteiger partial charge in [-0.05, 0) is 19.4 Å². The average Bonchev–Trinajstić information content (AvgIpc) is 2.87. The number of aromatic nitrogens is 3. The van der Waals surface area contributed by atoms with E-state index in [1.165, 1.54) is 18.7 Å². The van der Waals surface area contributed by atoms with Gasteiger partial charge in [0.15, 0.2) is 11.3 Å². The second-order valence-corrected chi connectivity index (χ2v) is 5.59. The van der Waals surface area contributed by atoms with Crippen molar-refractivity contribution in [3.8, 4) is 6.07 Å². The normalized spacial score (nSPS) is 11.7. The molecule has 2 rings (SSSR count). The highest BCUT2D eigenvalue weighted by atomic mass is 32.2. The van der Waals surface area contributed by atoms with Gasteiger partial charge in [0.25, 0.3) is 0 Å². The van der Waals surface area contributed by atoms with Gasteiger partial charge in [-0.1, -0.05) is 42.1 Å². The van der Waals surface area contributed by atoms with Gasteiger partial charge in [-0.2, -0.15) is 5.26 Å². The molecule has 22 heavy (non-hydrogen) atoms. The molecule has 1 atom stereocenters. The number of rotatable bonds is 6. The molecule has 7 heteroatoms. The van der Waals surface area contributed by atoms with Gasteiger partial charge in [-0.25, -0.2) is 0 Å². The van der Waals surface area contributed by atoms with Gasteiger partial charge in [-0.15, -0.1) is 10.2 Å². The molecule has 0 saturated carbocycles. The number of nitriles is 1. The lowest BCUT2D eigenvalue weighted by Crippen LogP contribution is -2.15. The van der Waals surface area contributed by atoms with E-state index >= 15 is 0 Å². The van der Waals surface area contributed by atoms with Crippen LogP contribution in [0, 0.1) is 18.3 Å². The Hall–Kier alpha value is -2.33. The Morgan fingerprint density at radius 2 is 2.14 bits per heavy atom. The number of aryl methyl sites for hydroxylation is 1. The molecular formula is C15H16N4O2S. The van der Waals surface area contributed by atoms with Crippen molar-refractivity contribution in [1.82, 2.24) is 14.8 Å². The van der Waals surface area contributed by atoms with E-state index in [0.717, 1.165) is 11.4 Å². The fraction of sp³-hybridized carbons (Fsp3) is 0.333. The van der Waals surface area contributed by atoms with Crippen LogP contribution in [0.15, 0.2) is 35.5 Å². The van der Waals surface area contributed by atoms with Gasteiger partial charge >= 0.3 is 5.97 Å². The first kappa shape index (κ1) is 16.0. The second kappa shape index (κ2) is 7.61. The zero-order chi connectivity index (χ0) is 15.9. The minimum Gasteiger partial charge on any atom is -0.447 e. The Kier molecular flexibility index (Phi) is 5.55. The second-order valence-electron chi connectivity index (χ2n) is 4.65. The van der Waals surface area contributed by atoms with E-state index in [1.807, 2.05) is 47.9 Å². The Morgan fingerprint density at radius 3 is 2.82 bits per heavy atom. The van der Waals surface area contributed by atoms with Crippen LogP contribution >= 0.6 is 11.8 Å². The van der Waals surface area contributed by atoms with Gasteiger partial charge in [0.2, 0.25) is 0 Å². The van der Waals surface area contributed by atoms with Crippen LogP contribution in [-0.2, 0) is 16.1 Å². The topological polar surface area (TPSA) is 80.8 Å². The SMILES string of the molecule is Cc1nnc(SCC(=O)O[C@@H](C)C#N)n1Cc1ccccc1. The number of carbonyl (C=O) groups excluding carboxylic acids is 1. The van der Waals surface area contributed by atoms with Crippen LogP contribution in [-0.4, -0.2) is 32.6 Å². The lowest BCUT2D eigenvalue weighted by molar-refractivity contribution is -0.142. The number of nitrogens with zero attached hydrogens (tertiary/aromatic N) is 4. The average molecular weight is 316 g/mol. The van der Waals surface area contributed by atoms with Gasteiger partial charge in [-0.3, -0.25) is 4.79 Å². The molecule has 0 radical (unpaired) electrons.